The highest BCUT2D eigenvalue weighted by Gasteiger charge is 2.19. The molecule has 0 fully saturated rings. The second-order valence-electron chi connectivity index (χ2n) is 7.44. The molecule has 5 rings (SSSR count). The van der Waals surface area contributed by atoms with E-state index >= 15 is 0 Å². The molecule has 0 saturated carbocycles. The number of thiophene rings is 1. The van der Waals surface area contributed by atoms with Crippen molar-refractivity contribution in [2.45, 2.75) is 11.3 Å². The summed E-state index contributed by atoms with van der Waals surface area (Å²) in [5, 5.41) is 3.87. The zero-order chi connectivity index (χ0) is 22.8. The second kappa shape index (κ2) is 8.76. The number of carbonyl (C=O) groups is 1. The summed E-state index contributed by atoms with van der Waals surface area (Å²) in [4.78, 5) is 13.3. The van der Waals surface area contributed by atoms with Gasteiger partial charge in [-0.2, -0.15) is 0 Å². The Hall–Kier alpha value is -3.56. The summed E-state index contributed by atoms with van der Waals surface area (Å²) < 4.78 is 40.4. The molecule has 1 aromatic heterocycles. The number of rotatable bonds is 5. The van der Waals surface area contributed by atoms with E-state index in [0.717, 1.165) is 16.5 Å². The topological polar surface area (TPSA) is 93.7 Å². The lowest BCUT2D eigenvalue weighted by Gasteiger charge is -2.12. The summed E-state index contributed by atoms with van der Waals surface area (Å²) in [5.41, 5.74) is 0.943. The fraction of sp³-hybridized carbons (Fsp3) is 0.125. The quantitative estimate of drug-likeness (QED) is 0.414. The standard InChI is InChI=1S/C24H20N2O5S2/c27-24(23-14-16-4-1-2-5-22(16)32-23)25-17-6-8-18(9-7-17)26-33(28,29)19-10-11-20-21(15-19)31-13-3-12-30-20/h1-2,4-11,14-15,26H,3,12-13H2,(H,25,27). The molecule has 1 aliphatic heterocycles. The van der Waals surface area contributed by atoms with Crippen molar-refractivity contribution in [3.63, 3.8) is 0 Å². The normalized spacial score (nSPS) is 13.3. The van der Waals surface area contributed by atoms with Crippen molar-refractivity contribution in [2.24, 2.45) is 0 Å². The molecule has 1 aliphatic rings. The molecule has 4 aromatic rings. The number of hydrogen-bond acceptors (Lipinski definition) is 6. The van der Waals surface area contributed by atoms with Gasteiger partial charge in [0.05, 0.1) is 23.0 Å². The van der Waals surface area contributed by atoms with E-state index < -0.39 is 10.0 Å². The molecule has 0 bridgehead atoms. The van der Waals surface area contributed by atoms with Gasteiger partial charge in [-0.1, -0.05) is 18.2 Å². The number of hydrogen-bond donors (Lipinski definition) is 2. The Bertz CT molecular complexity index is 1400. The Labute approximate surface area is 195 Å². The van der Waals surface area contributed by atoms with Crippen molar-refractivity contribution in [1.82, 2.24) is 0 Å². The number of amides is 1. The fourth-order valence-electron chi connectivity index (χ4n) is 3.43. The van der Waals surface area contributed by atoms with Gasteiger partial charge in [0.1, 0.15) is 0 Å². The Morgan fingerprint density at radius 1 is 0.848 bits per heavy atom. The van der Waals surface area contributed by atoms with Crippen molar-refractivity contribution in [2.75, 3.05) is 23.3 Å². The predicted molar refractivity (Wildman–Crippen MR) is 129 cm³/mol. The number of fused-ring (bicyclic) bond motifs is 2. The highest BCUT2D eigenvalue weighted by molar-refractivity contribution is 7.92. The van der Waals surface area contributed by atoms with E-state index in [1.54, 1.807) is 30.3 Å². The van der Waals surface area contributed by atoms with Gasteiger partial charge in [0.2, 0.25) is 0 Å². The number of anilines is 2. The minimum atomic E-state index is -3.82. The van der Waals surface area contributed by atoms with E-state index in [-0.39, 0.29) is 10.8 Å². The monoisotopic (exact) mass is 480 g/mol. The maximum absolute atomic E-state index is 12.8. The lowest BCUT2D eigenvalue weighted by Crippen LogP contribution is -2.13. The van der Waals surface area contributed by atoms with Crippen molar-refractivity contribution in [1.29, 1.82) is 0 Å². The van der Waals surface area contributed by atoms with Gasteiger partial charge in [-0.25, -0.2) is 8.42 Å². The van der Waals surface area contributed by atoms with Crippen LogP contribution in [0.15, 0.2) is 77.7 Å². The number of ether oxygens (including phenoxy) is 2. The van der Waals surface area contributed by atoms with E-state index in [9.17, 15) is 13.2 Å². The molecule has 1 amide bonds. The summed E-state index contributed by atoms with van der Waals surface area (Å²) in [6.45, 7) is 1.00. The molecule has 3 aromatic carbocycles. The summed E-state index contributed by atoms with van der Waals surface area (Å²) in [5.74, 6) is 0.733. The third-order valence-corrected chi connectivity index (χ3v) is 7.57. The van der Waals surface area contributed by atoms with Crippen LogP contribution >= 0.6 is 11.3 Å². The van der Waals surface area contributed by atoms with Gasteiger partial charge in [0.15, 0.2) is 11.5 Å². The predicted octanol–water partition coefficient (Wildman–Crippen LogP) is 5.12. The number of nitrogens with one attached hydrogen (secondary N) is 2. The maximum atomic E-state index is 12.8. The van der Waals surface area contributed by atoms with Gasteiger partial charge in [-0.15, -0.1) is 11.3 Å². The molecule has 0 spiro atoms. The minimum Gasteiger partial charge on any atom is -0.490 e. The molecule has 0 unspecified atom stereocenters. The zero-order valence-corrected chi connectivity index (χ0v) is 19.0. The van der Waals surface area contributed by atoms with E-state index in [4.69, 9.17) is 9.47 Å². The fourth-order valence-corrected chi connectivity index (χ4v) is 5.46. The molecule has 9 heteroatoms. The summed E-state index contributed by atoms with van der Waals surface area (Å²) >= 11 is 1.42. The third kappa shape index (κ3) is 4.64. The Morgan fingerprint density at radius 3 is 2.36 bits per heavy atom. The van der Waals surface area contributed by atoms with Crippen LogP contribution in [0.1, 0.15) is 16.1 Å². The van der Waals surface area contributed by atoms with Crippen LogP contribution in [-0.2, 0) is 10.0 Å². The van der Waals surface area contributed by atoms with Crippen molar-refractivity contribution in [3.05, 3.63) is 77.7 Å². The minimum absolute atomic E-state index is 0.0777. The molecule has 0 aliphatic carbocycles. The van der Waals surface area contributed by atoms with Crippen LogP contribution in [0.3, 0.4) is 0 Å². The SMILES string of the molecule is O=C(Nc1ccc(NS(=O)(=O)c2ccc3c(c2)OCCCO3)cc1)c1cc2ccccc2s1. The smallest absolute Gasteiger partial charge is 0.265 e. The summed E-state index contributed by atoms with van der Waals surface area (Å²) in [6.07, 6.45) is 0.737. The van der Waals surface area contributed by atoms with Crippen molar-refractivity contribution in [3.8, 4) is 11.5 Å². The molecule has 2 heterocycles. The van der Waals surface area contributed by atoms with Gasteiger partial charge in [-0.3, -0.25) is 9.52 Å². The molecule has 168 valence electrons. The van der Waals surface area contributed by atoms with Crippen LogP contribution in [0.25, 0.3) is 10.1 Å². The first-order valence-electron chi connectivity index (χ1n) is 10.3. The number of sulfonamides is 1. The largest absolute Gasteiger partial charge is 0.490 e. The van der Waals surface area contributed by atoms with Crippen LogP contribution in [-0.4, -0.2) is 27.5 Å². The first kappa shape index (κ1) is 21.3. The summed E-state index contributed by atoms with van der Waals surface area (Å²) in [7, 11) is -3.82. The van der Waals surface area contributed by atoms with E-state index in [2.05, 4.69) is 10.0 Å². The first-order valence-corrected chi connectivity index (χ1v) is 12.6. The van der Waals surface area contributed by atoms with E-state index in [0.29, 0.717) is 41.0 Å². The van der Waals surface area contributed by atoms with Gasteiger partial charge in [0, 0.05) is 28.6 Å². The van der Waals surface area contributed by atoms with Gasteiger partial charge < -0.3 is 14.8 Å². The van der Waals surface area contributed by atoms with Crippen LogP contribution in [0.4, 0.5) is 11.4 Å². The summed E-state index contributed by atoms with van der Waals surface area (Å²) in [6, 6.07) is 20.7. The second-order valence-corrected chi connectivity index (χ2v) is 10.2. The van der Waals surface area contributed by atoms with E-state index in [1.807, 2.05) is 30.3 Å². The highest BCUT2D eigenvalue weighted by Crippen LogP contribution is 2.32. The van der Waals surface area contributed by atoms with Crippen LogP contribution in [0.2, 0.25) is 0 Å². The molecule has 2 N–H and O–H groups in total. The van der Waals surface area contributed by atoms with E-state index in [1.165, 1.54) is 23.5 Å². The molecule has 33 heavy (non-hydrogen) atoms. The third-order valence-electron chi connectivity index (χ3n) is 5.07. The van der Waals surface area contributed by atoms with Crippen LogP contribution < -0.4 is 19.5 Å². The molecule has 0 atom stereocenters. The van der Waals surface area contributed by atoms with Gasteiger partial charge >= 0.3 is 0 Å². The molecular weight excluding hydrogens is 460 g/mol. The Kier molecular flexibility index (Phi) is 5.65. The molecule has 0 radical (unpaired) electrons. The lowest BCUT2D eigenvalue weighted by molar-refractivity contribution is 0.103. The number of carbonyl (C=O) groups excluding carboxylic acids is 1. The van der Waals surface area contributed by atoms with Gasteiger partial charge in [-0.05, 0) is 53.9 Å². The van der Waals surface area contributed by atoms with Crippen molar-refractivity contribution >= 4 is 48.7 Å². The average molecular weight is 481 g/mol. The highest BCUT2D eigenvalue weighted by atomic mass is 32.2. The van der Waals surface area contributed by atoms with Gasteiger partial charge in [0.25, 0.3) is 15.9 Å². The Balaban J connectivity index is 1.28. The average Bonchev–Trinajstić information content (AvgIpc) is 3.11. The Morgan fingerprint density at radius 2 is 1.58 bits per heavy atom. The lowest BCUT2D eigenvalue weighted by atomic mass is 10.2. The number of benzene rings is 3. The first-order chi connectivity index (χ1) is 16.0. The molecule has 0 saturated heterocycles. The van der Waals surface area contributed by atoms with Crippen LogP contribution in [0.5, 0.6) is 11.5 Å². The van der Waals surface area contributed by atoms with Crippen LogP contribution in [0, 0.1) is 0 Å². The molecule has 7 nitrogen and oxygen atoms in total. The maximum Gasteiger partial charge on any atom is 0.265 e. The van der Waals surface area contributed by atoms with Crippen molar-refractivity contribution < 1.29 is 22.7 Å². The molecular formula is C24H20N2O5S2. The zero-order valence-electron chi connectivity index (χ0n) is 17.4.